The number of anilines is 1. The van der Waals surface area contributed by atoms with Gasteiger partial charge in [-0.1, -0.05) is 142 Å². The molecule has 2 heterocycles. The highest BCUT2D eigenvalue weighted by Gasteiger charge is 2.45. The minimum absolute atomic E-state index is 0.249. The first-order valence-corrected chi connectivity index (χ1v) is 14.6. The number of amides is 1. The molecule has 0 unspecified atom stereocenters. The molecule has 0 spiro atoms. The Morgan fingerprint density at radius 3 is 1.40 bits per heavy atom. The van der Waals surface area contributed by atoms with E-state index in [9.17, 15) is 9.59 Å². The highest BCUT2D eigenvalue weighted by Crippen LogP contribution is 2.54. The van der Waals surface area contributed by atoms with E-state index in [1.54, 1.807) is 4.90 Å². The molecule has 0 saturated carbocycles. The number of allylic oxidation sites excluding steroid dienone is 2. The quantitative estimate of drug-likeness (QED) is 0.207. The number of Topliss-reactive ketones (excluding diaryl/α,β-unsaturated/α-hetero) is 1. The van der Waals surface area contributed by atoms with Gasteiger partial charge in [-0.15, -0.1) is 0 Å². The molecule has 43 heavy (non-hydrogen) atoms. The molecule has 5 aromatic rings. The molecule has 0 N–H and O–H groups in total. The lowest BCUT2D eigenvalue weighted by Gasteiger charge is -2.26. The summed E-state index contributed by atoms with van der Waals surface area (Å²) in [5.74, 6) is -1.00. The molecule has 0 atom stereocenters. The molecular formula is C40H31NO2. The number of carbonyl (C=O) groups is 2. The number of hydrogen-bond donors (Lipinski definition) is 0. The fourth-order valence-corrected chi connectivity index (χ4v) is 6.25. The molecule has 208 valence electrons. The monoisotopic (exact) mass is 557 g/mol. The zero-order chi connectivity index (χ0) is 29.7. The Balaban J connectivity index is 1.78. The molecule has 0 radical (unpaired) electrons. The summed E-state index contributed by atoms with van der Waals surface area (Å²) in [7, 11) is 0. The summed E-state index contributed by atoms with van der Waals surface area (Å²) in [5.41, 5.74) is 10.2. The Bertz CT molecular complexity index is 1950. The van der Waals surface area contributed by atoms with Gasteiger partial charge in [0.2, 0.25) is 0 Å². The van der Waals surface area contributed by atoms with Gasteiger partial charge in [-0.25, -0.2) is 0 Å². The molecule has 0 bridgehead atoms. The summed E-state index contributed by atoms with van der Waals surface area (Å²) in [6.45, 7) is 6.43. The third kappa shape index (κ3) is 4.36. The van der Waals surface area contributed by atoms with Crippen molar-refractivity contribution >= 4 is 39.8 Å². The van der Waals surface area contributed by atoms with Crippen LogP contribution >= 0.6 is 0 Å². The van der Waals surface area contributed by atoms with Crippen molar-refractivity contribution in [2.24, 2.45) is 0 Å². The highest BCUT2D eigenvalue weighted by molar-refractivity contribution is 6.56. The van der Waals surface area contributed by atoms with Crippen LogP contribution in [0.25, 0.3) is 22.4 Å². The van der Waals surface area contributed by atoms with Gasteiger partial charge in [0.1, 0.15) is 0 Å². The Kier molecular flexibility index (Phi) is 6.32. The van der Waals surface area contributed by atoms with E-state index in [0.29, 0.717) is 16.9 Å². The Labute approximate surface area is 252 Å². The van der Waals surface area contributed by atoms with E-state index in [4.69, 9.17) is 0 Å². The first-order chi connectivity index (χ1) is 20.8. The van der Waals surface area contributed by atoms with Crippen molar-refractivity contribution in [2.75, 3.05) is 4.90 Å². The molecule has 0 aliphatic carbocycles. The number of nitrogens with zero attached hydrogens (tertiary/aromatic N) is 1. The zero-order valence-electron chi connectivity index (χ0n) is 24.5. The first-order valence-electron chi connectivity index (χ1n) is 14.6. The molecule has 0 fully saturated rings. The maximum atomic E-state index is 14.3. The summed E-state index contributed by atoms with van der Waals surface area (Å²) in [6.07, 6.45) is 0. The van der Waals surface area contributed by atoms with Gasteiger partial charge >= 0.3 is 5.91 Å². The molecule has 2 aliphatic rings. The van der Waals surface area contributed by atoms with Crippen LogP contribution < -0.4 is 4.90 Å². The van der Waals surface area contributed by atoms with Crippen LogP contribution in [-0.4, -0.2) is 11.7 Å². The molecule has 0 aromatic heterocycles. The number of rotatable bonds is 4. The SMILES string of the molecule is CC(C)(C)c1cc2c3c(c1)C(c1ccccc1)=C(c1ccccc1)C(c1ccccc1)=C(c1ccccc1)N3C(=O)C2=O. The predicted octanol–water partition coefficient (Wildman–Crippen LogP) is 9.05. The van der Waals surface area contributed by atoms with Gasteiger partial charge in [-0.2, -0.15) is 0 Å². The van der Waals surface area contributed by atoms with Crippen LogP contribution in [0, 0.1) is 0 Å². The number of benzene rings is 5. The second kappa shape index (κ2) is 10.2. The van der Waals surface area contributed by atoms with E-state index in [-0.39, 0.29) is 5.41 Å². The number of hydrogen-bond acceptors (Lipinski definition) is 2. The van der Waals surface area contributed by atoms with Crippen LogP contribution in [-0.2, 0) is 10.2 Å². The maximum absolute atomic E-state index is 14.3. The van der Waals surface area contributed by atoms with Crippen LogP contribution in [0.3, 0.4) is 0 Å². The molecular weight excluding hydrogens is 526 g/mol. The van der Waals surface area contributed by atoms with Gasteiger partial charge < -0.3 is 0 Å². The molecule has 5 aromatic carbocycles. The van der Waals surface area contributed by atoms with Crippen molar-refractivity contribution in [3.63, 3.8) is 0 Å². The Morgan fingerprint density at radius 2 is 0.907 bits per heavy atom. The Morgan fingerprint density at radius 1 is 0.488 bits per heavy atom. The summed E-state index contributed by atoms with van der Waals surface area (Å²) in [6, 6.07) is 45.0. The highest BCUT2D eigenvalue weighted by atomic mass is 16.2. The summed E-state index contributed by atoms with van der Waals surface area (Å²) < 4.78 is 0. The van der Waals surface area contributed by atoms with Crippen molar-refractivity contribution in [1.82, 2.24) is 0 Å². The minimum Gasteiger partial charge on any atom is -0.283 e. The molecule has 1 amide bonds. The number of carbonyl (C=O) groups excluding carboxylic acids is 2. The van der Waals surface area contributed by atoms with Crippen molar-refractivity contribution < 1.29 is 9.59 Å². The Hall–Kier alpha value is -5.28. The van der Waals surface area contributed by atoms with Crippen LogP contribution in [0.1, 0.15) is 64.5 Å². The summed E-state index contributed by atoms with van der Waals surface area (Å²) >= 11 is 0. The first kappa shape index (κ1) is 26.6. The molecule has 2 aliphatic heterocycles. The largest absolute Gasteiger partial charge is 0.304 e. The summed E-state index contributed by atoms with van der Waals surface area (Å²) in [5, 5.41) is 0. The van der Waals surface area contributed by atoms with Crippen molar-refractivity contribution in [1.29, 1.82) is 0 Å². The third-order valence-electron chi connectivity index (χ3n) is 8.31. The van der Waals surface area contributed by atoms with E-state index in [2.05, 4.69) is 75.4 Å². The van der Waals surface area contributed by atoms with Gasteiger partial charge in [0, 0.05) is 16.7 Å². The molecule has 0 saturated heterocycles. The van der Waals surface area contributed by atoms with E-state index in [0.717, 1.165) is 50.1 Å². The summed E-state index contributed by atoms with van der Waals surface area (Å²) in [4.78, 5) is 29.9. The molecule has 3 heteroatoms. The average molecular weight is 558 g/mol. The van der Waals surface area contributed by atoms with Gasteiger partial charge in [0.25, 0.3) is 5.78 Å². The van der Waals surface area contributed by atoms with Crippen LogP contribution in [0.2, 0.25) is 0 Å². The van der Waals surface area contributed by atoms with E-state index < -0.39 is 11.7 Å². The van der Waals surface area contributed by atoms with Crippen LogP contribution in [0.5, 0.6) is 0 Å². The van der Waals surface area contributed by atoms with Crippen molar-refractivity contribution in [2.45, 2.75) is 26.2 Å². The maximum Gasteiger partial charge on any atom is 0.304 e. The molecule has 7 rings (SSSR count). The lowest BCUT2D eigenvalue weighted by atomic mass is 9.79. The van der Waals surface area contributed by atoms with E-state index >= 15 is 0 Å². The van der Waals surface area contributed by atoms with Crippen molar-refractivity contribution in [3.05, 3.63) is 172 Å². The van der Waals surface area contributed by atoms with Gasteiger partial charge in [0.15, 0.2) is 0 Å². The van der Waals surface area contributed by atoms with Crippen molar-refractivity contribution in [3.8, 4) is 0 Å². The van der Waals surface area contributed by atoms with Crippen LogP contribution in [0.15, 0.2) is 133 Å². The minimum atomic E-state index is -0.531. The normalized spacial score (nSPS) is 14.7. The van der Waals surface area contributed by atoms with E-state index in [1.165, 1.54) is 0 Å². The second-order valence-electron chi connectivity index (χ2n) is 12.1. The fraction of sp³-hybridized carbons (Fsp3) is 0.100. The zero-order valence-corrected chi connectivity index (χ0v) is 24.5. The van der Waals surface area contributed by atoms with Crippen LogP contribution in [0.4, 0.5) is 5.69 Å². The van der Waals surface area contributed by atoms with Gasteiger partial charge in [0.05, 0.1) is 16.9 Å². The second-order valence-corrected chi connectivity index (χ2v) is 12.1. The van der Waals surface area contributed by atoms with E-state index in [1.807, 2.05) is 78.9 Å². The lowest BCUT2D eigenvalue weighted by Crippen LogP contribution is -2.29. The lowest BCUT2D eigenvalue weighted by molar-refractivity contribution is -0.113. The standard InChI is InChI=1S/C40H31NO2/c1-40(2,3)30-24-31-33(26-16-8-4-9-17-26)34(27-18-10-5-11-19-27)35(28-20-12-6-13-21-28)36(29-22-14-7-15-23-29)41-37(31)32(25-30)38(42)39(41)43/h4-25H,1-3H3. The average Bonchev–Trinajstić information content (AvgIpc) is 3.20. The predicted molar refractivity (Wildman–Crippen MR) is 175 cm³/mol. The smallest absolute Gasteiger partial charge is 0.283 e. The molecule has 3 nitrogen and oxygen atoms in total. The third-order valence-corrected chi connectivity index (χ3v) is 8.31. The fourth-order valence-electron chi connectivity index (χ4n) is 6.25. The van der Waals surface area contributed by atoms with Gasteiger partial charge in [-0.05, 0) is 50.9 Å². The number of ketones is 1. The van der Waals surface area contributed by atoms with Gasteiger partial charge in [-0.3, -0.25) is 14.5 Å². The topological polar surface area (TPSA) is 37.4 Å².